The maximum Gasteiger partial charge on any atom is 0.138 e. The number of benzene rings is 2. The molecule has 0 saturated carbocycles. The fourth-order valence-electron chi connectivity index (χ4n) is 2.42. The lowest BCUT2D eigenvalue weighted by Gasteiger charge is -2.22. The zero-order valence-corrected chi connectivity index (χ0v) is 10.7. The molecule has 0 N–H and O–H groups in total. The Morgan fingerprint density at radius 3 is 2.26 bits per heavy atom. The van der Waals surface area contributed by atoms with E-state index in [2.05, 4.69) is 36.4 Å². The Morgan fingerprint density at radius 2 is 1.58 bits per heavy atom. The van der Waals surface area contributed by atoms with Gasteiger partial charge in [0.05, 0.1) is 12.7 Å². The Kier molecular flexibility index (Phi) is 3.43. The predicted molar refractivity (Wildman–Crippen MR) is 74.8 cm³/mol. The van der Waals surface area contributed by atoms with Crippen LogP contribution in [0.1, 0.15) is 24.5 Å². The third-order valence-electron chi connectivity index (χ3n) is 3.50. The summed E-state index contributed by atoms with van der Waals surface area (Å²) in [6, 6.07) is 18.6. The zero-order chi connectivity index (χ0) is 13.1. The maximum atomic E-state index is 11.5. The third kappa shape index (κ3) is 2.74. The molecule has 1 saturated heterocycles. The van der Waals surface area contributed by atoms with E-state index in [1.54, 1.807) is 0 Å². The topological polar surface area (TPSA) is 26.3 Å². The molecule has 0 aromatic heterocycles. The van der Waals surface area contributed by atoms with Crippen LogP contribution in [-0.4, -0.2) is 12.4 Å². The molecule has 1 aliphatic heterocycles. The first-order valence-corrected chi connectivity index (χ1v) is 6.61. The van der Waals surface area contributed by atoms with Gasteiger partial charge in [-0.25, -0.2) is 0 Å². The molecule has 2 nitrogen and oxygen atoms in total. The molecular weight excluding hydrogens is 236 g/mol. The molecular formula is C17H16O2. The van der Waals surface area contributed by atoms with Crippen molar-refractivity contribution in [1.82, 2.24) is 0 Å². The van der Waals surface area contributed by atoms with Gasteiger partial charge in [-0.2, -0.15) is 0 Å². The maximum absolute atomic E-state index is 11.5. The summed E-state index contributed by atoms with van der Waals surface area (Å²) in [4.78, 5) is 11.5. The van der Waals surface area contributed by atoms with Crippen LogP contribution in [0.15, 0.2) is 54.6 Å². The van der Waals surface area contributed by atoms with Gasteiger partial charge in [-0.3, -0.25) is 4.79 Å². The molecule has 2 heteroatoms. The number of carbonyl (C=O) groups excluding carboxylic acids is 1. The van der Waals surface area contributed by atoms with E-state index in [0.717, 1.165) is 5.56 Å². The fraction of sp³-hybridized carbons (Fsp3) is 0.235. The lowest BCUT2D eigenvalue weighted by Crippen LogP contribution is -2.19. The number of rotatable bonds is 2. The Bertz CT molecular complexity index is 558. The van der Waals surface area contributed by atoms with Gasteiger partial charge in [0.2, 0.25) is 0 Å². The van der Waals surface area contributed by atoms with Crippen LogP contribution in [0, 0.1) is 0 Å². The number of hydrogen-bond acceptors (Lipinski definition) is 2. The molecule has 0 radical (unpaired) electrons. The van der Waals surface area contributed by atoms with Crippen LogP contribution in [0.2, 0.25) is 0 Å². The van der Waals surface area contributed by atoms with Crippen molar-refractivity contribution in [2.24, 2.45) is 0 Å². The molecule has 2 aromatic carbocycles. The molecule has 0 spiro atoms. The van der Waals surface area contributed by atoms with Crippen LogP contribution in [0.4, 0.5) is 0 Å². The number of carbonyl (C=O) groups is 1. The average molecular weight is 252 g/mol. The summed E-state index contributed by atoms with van der Waals surface area (Å²) in [5, 5.41) is 0. The molecule has 1 heterocycles. The van der Waals surface area contributed by atoms with Gasteiger partial charge in [0.15, 0.2) is 0 Å². The Balaban J connectivity index is 1.81. The smallest absolute Gasteiger partial charge is 0.138 e. The second-order valence-corrected chi connectivity index (χ2v) is 4.84. The first kappa shape index (κ1) is 12.1. The van der Waals surface area contributed by atoms with Gasteiger partial charge in [-0.1, -0.05) is 54.6 Å². The summed E-state index contributed by atoms with van der Waals surface area (Å²) < 4.78 is 5.66. The largest absolute Gasteiger partial charge is 0.373 e. The molecule has 1 unspecified atom stereocenters. The predicted octanol–water partition coefficient (Wildman–Crippen LogP) is 3.77. The molecule has 0 bridgehead atoms. The summed E-state index contributed by atoms with van der Waals surface area (Å²) in [6.07, 6.45) is 0.995. The summed E-state index contributed by atoms with van der Waals surface area (Å²) in [5.74, 6) is 0.295. The van der Waals surface area contributed by atoms with Crippen molar-refractivity contribution >= 4 is 5.78 Å². The van der Waals surface area contributed by atoms with Crippen LogP contribution in [-0.2, 0) is 9.53 Å². The van der Waals surface area contributed by atoms with Gasteiger partial charge in [-0.15, -0.1) is 0 Å². The van der Waals surface area contributed by atoms with Crippen molar-refractivity contribution in [3.8, 4) is 11.1 Å². The van der Waals surface area contributed by atoms with Crippen molar-refractivity contribution in [1.29, 1.82) is 0 Å². The Morgan fingerprint density at radius 1 is 0.895 bits per heavy atom. The lowest BCUT2D eigenvalue weighted by atomic mass is 9.98. The highest BCUT2D eigenvalue weighted by atomic mass is 16.5. The van der Waals surface area contributed by atoms with E-state index < -0.39 is 0 Å². The van der Waals surface area contributed by atoms with Gasteiger partial charge in [-0.05, 0) is 16.7 Å². The Hall–Kier alpha value is -1.93. The van der Waals surface area contributed by atoms with Crippen molar-refractivity contribution in [2.45, 2.75) is 18.9 Å². The molecule has 3 rings (SSSR count). The van der Waals surface area contributed by atoms with Crippen LogP contribution in [0.5, 0.6) is 0 Å². The number of ether oxygens (including phenoxy) is 1. The third-order valence-corrected chi connectivity index (χ3v) is 3.50. The van der Waals surface area contributed by atoms with Crippen molar-refractivity contribution in [2.75, 3.05) is 6.61 Å². The monoisotopic (exact) mass is 252 g/mol. The summed E-state index contributed by atoms with van der Waals surface area (Å²) in [6.45, 7) is 0.546. The highest BCUT2D eigenvalue weighted by molar-refractivity contribution is 5.79. The van der Waals surface area contributed by atoms with Gasteiger partial charge in [0, 0.05) is 12.8 Å². The van der Waals surface area contributed by atoms with Crippen molar-refractivity contribution in [3.63, 3.8) is 0 Å². The molecule has 0 aliphatic carbocycles. The molecule has 0 amide bonds. The van der Waals surface area contributed by atoms with Crippen LogP contribution in [0.3, 0.4) is 0 Å². The van der Waals surface area contributed by atoms with Gasteiger partial charge < -0.3 is 4.74 Å². The normalized spacial score (nSPS) is 19.4. The van der Waals surface area contributed by atoms with Gasteiger partial charge in [0.25, 0.3) is 0 Å². The van der Waals surface area contributed by atoms with E-state index in [0.29, 0.717) is 25.2 Å². The summed E-state index contributed by atoms with van der Waals surface area (Å²) >= 11 is 0. The first-order valence-electron chi connectivity index (χ1n) is 6.61. The molecule has 96 valence electrons. The lowest BCUT2D eigenvalue weighted by molar-refractivity contribution is -0.128. The number of hydrogen-bond donors (Lipinski definition) is 0. The molecule has 2 aromatic rings. The van der Waals surface area contributed by atoms with Gasteiger partial charge in [0.1, 0.15) is 5.78 Å². The number of Topliss-reactive ketones (excluding diaryl/α,β-unsaturated/α-hetero) is 1. The SMILES string of the molecule is O=C1CCOC(c2ccc(-c3ccccc3)cc2)C1. The van der Waals surface area contributed by atoms with Crippen molar-refractivity contribution < 1.29 is 9.53 Å². The second kappa shape index (κ2) is 5.37. The molecule has 1 atom stereocenters. The second-order valence-electron chi connectivity index (χ2n) is 4.84. The van der Waals surface area contributed by atoms with E-state index in [-0.39, 0.29) is 6.10 Å². The number of ketones is 1. The van der Waals surface area contributed by atoms with Gasteiger partial charge >= 0.3 is 0 Å². The van der Waals surface area contributed by atoms with Crippen molar-refractivity contribution in [3.05, 3.63) is 60.2 Å². The summed E-state index contributed by atoms with van der Waals surface area (Å²) in [7, 11) is 0. The van der Waals surface area contributed by atoms with E-state index >= 15 is 0 Å². The minimum atomic E-state index is -0.0638. The zero-order valence-electron chi connectivity index (χ0n) is 10.7. The first-order chi connectivity index (χ1) is 9.33. The van der Waals surface area contributed by atoms with E-state index in [1.165, 1.54) is 11.1 Å². The minimum absolute atomic E-state index is 0.0638. The molecule has 19 heavy (non-hydrogen) atoms. The van der Waals surface area contributed by atoms with Crippen LogP contribution < -0.4 is 0 Å². The van der Waals surface area contributed by atoms with E-state index in [1.807, 2.05) is 18.2 Å². The molecule has 1 aliphatic rings. The molecule has 1 fully saturated rings. The quantitative estimate of drug-likeness (QED) is 0.813. The van der Waals surface area contributed by atoms with E-state index in [4.69, 9.17) is 4.74 Å². The van der Waals surface area contributed by atoms with Crippen LogP contribution in [0.25, 0.3) is 11.1 Å². The van der Waals surface area contributed by atoms with Crippen LogP contribution >= 0.6 is 0 Å². The Labute approximate surface area is 113 Å². The average Bonchev–Trinajstić information content (AvgIpc) is 2.48. The highest BCUT2D eigenvalue weighted by Crippen LogP contribution is 2.28. The summed E-state index contributed by atoms with van der Waals surface area (Å²) in [5.41, 5.74) is 3.48. The highest BCUT2D eigenvalue weighted by Gasteiger charge is 2.21. The van der Waals surface area contributed by atoms with E-state index in [9.17, 15) is 4.79 Å². The fourth-order valence-corrected chi connectivity index (χ4v) is 2.42. The standard InChI is InChI=1S/C17H16O2/c18-16-10-11-19-17(12-16)15-8-6-14(7-9-15)13-4-2-1-3-5-13/h1-9,17H,10-12H2. The minimum Gasteiger partial charge on any atom is -0.373 e.